The van der Waals surface area contributed by atoms with Gasteiger partial charge in [0.15, 0.2) is 11.6 Å². The fourth-order valence-corrected chi connectivity index (χ4v) is 3.55. The average molecular weight is 316 g/mol. The predicted octanol–water partition coefficient (Wildman–Crippen LogP) is 5.98. The SMILES string of the molecule is C=CC1CCC(c2cc3ccc(OCC)cc3c(F)c2F)CC1. The molecule has 2 aromatic carbocycles. The van der Waals surface area contributed by atoms with E-state index in [4.69, 9.17) is 4.74 Å². The Morgan fingerprint density at radius 2 is 1.87 bits per heavy atom. The highest BCUT2D eigenvalue weighted by atomic mass is 19.2. The summed E-state index contributed by atoms with van der Waals surface area (Å²) in [6, 6.07) is 7.00. The Morgan fingerprint density at radius 1 is 1.13 bits per heavy atom. The number of rotatable bonds is 4. The topological polar surface area (TPSA) is 9.23 Å². The zero-order valence-corrected chi connectivity index (χ0v) is 13.4. The maximum Gasteiger partial charge on any atom is 0.167 e. The maximum absolute atomic E-state index is 14.6. The average Bonchev–Trinajstić information content (AvgIpc) is 2.59. The molecule has 0 atom stereocenters. The summed E-state index contributed by atoms with van der Waals surface area (Å²) in [6.45, 7) is 6.20. The molecule has 3 rings (SSSR count). The van der Waals surface area contributed by atoms with Crippen LogP contribution in [0.15, 0.2) is 36.9 Å². The van der Waals surface area contributed by atoms with Crippen LogP contribution in [-0.4, -0.2) is 6.61 Å². The summed E-state index contributed by atoms with van der Waals surface area (Å²) >= 11 is 0. The molecule has 0 N–H and O–H groups in total. The van der Waals surface area contributed by atoms with Gasteiger partial charge in [0, 0.05) is 5.39 Å². The first-order chi connectivity index (χ1) is 11.1. The highest BCUT2D eigenvalue weighted by molar-refractivity contribution is 5.85. The van der Waals surface area contributed by atoms with Crippen LogP contribution in [0.4, 0.5) is 8.78 Å². The Bertz CT molecular complexity index is 715. The van der Waals surface area contributed by atoms with Gasteiger partial charge in [-0.25, -0.2) is 8.78 Å². The summed E-state index contributed by atoms with van der Waals surface area (Å²) in [4.78, 5) is 0. The molecule has 1 nitrogen and oxygen atoms in total. The van der Waals surface area contributed by atoms with Crippen molar-refractivity contribution < 1.29 is 13.5 Å². The van der Waals surface area contributed by atoms with E-state index in [1.165, 1.54) is 0 Å². The Kier molecular flexibility index (Phi) is 4.65. The van der Waals surface area contributed by atoms with E-state index in [1.54, 1.807) is 6.07 Å². The fourth-order valence-electron chi connectivity index (χ4n) is 3.55. The Hall–Kier alpha value is -1.90. The van der Waals surface area contributed by atoms with E-state index >= 15 is 0 Å². The Labute approximate surface area is 136 Å². The lowest BCUT2D eigenvalue weighted by Crippen LogP contribution is -2.13. The van der Waals surface area contributed by atoms with E-state index in [0.29, 0.717) is 23.8 Å². The number of hydrogen-bond donors (Lipinski definition) is 0. The molecular weight excluding hydrogens is 294 g/mol. The van der Waals surface area contributed by atoms with Gasteiger partial charge in [0.2, 0.25) is 0 Å². The molecular formula is C20H22F2O. The summed E-state index contributed by atoms with van der Waals surface area (Å²) in [5.74, 6) is -0.291. The highest BCUT2D eigenvalue weighted by Gasteiger charge is 2.25. The van der Waals surface area contributed by atoms with Crippen LogP contribution in [0.5, 0.6) is 5.75 Å². The van der Waals surface area contributed by atoms with Gasteiger partial charge in [-0.05, 0) is 73.6 Å². The number of halogens is 2. The molecule has 1 aliphatic carbocycles. The molecule has 0 radical (unpaired) electrons. The summed E-state index contributed by atoms with van der Waals surface area (Å²) in [6.07, 6.45) is 5.74. The lowest BCUT2D eigenvalue weighted by molar-refractivity contribution is 0.340. The molecule has 122 valence electrons. The van der Waals surface area contributed by atoms with Crippen molar-refractivity contribution in [1.29, 1.82) is 0 Å². The van der Waals surface area contributed by atoms with E-state index < -0.39 is 11.6 Å². The Balaban J connectivity index is 1.97. The number of fused-ring (bicyclic) bond motifs is 1. The first-order valence-corrected chi connectivity index (χ1v) is 8.31. The third kappa shape index (κ3) is 3.10. The lowest BCUT2D eigenvalue weighted by Gasteiger charge is -2.27. The van der Waals surface area contributed by atoms with Crippen molar-refractivity contribution in [1.82, 2.24) is 0 Å². The predicted molar refractivity (Wildman–Crippen MR) is 89.9 cm³/mol. The van der Waals surface area contributed by atoms with Crippen LogP contribution in [0.2, 0.25) is 0 Å². The zero-order chi connectivity index (χ0) is 16.4. The normalized spacial score (nSPS) is 21.3. The van der Waals surface area contributed by atoms with E-state index in [-0.39, 0.29) is 11.3 Å². The molecule has 2 aromatic rings. The monoisotopic (exact) mass is 316 g/mol. The molecule has 23 heavy (non-hydrogen) atoms. The van der Waals surface area contributed by atoms with E-state index in [0.717, 1.165) is 31.1 Å². The third-order valence-electron chi connectivity index (χ3n) is 4.87. The zero-order valence-electron chi connectivity index (χ0n) is 13.4. The van der Waals surface area contributed by atoms with Crippen LogP contribution < -0.4 is 4.74 Å². The summed E-state index contributed by atoms with van der Waals surface area (Å²) in [5.41, 5.74) is 0.515. The molecule has 0 spiro atoms. The molecule has 0 amide bonds. The van der Waals surface area contributed by atoms with Gasteiger partial charge >= 0.3 is 0 Å². The van der Waals surface area contributed by atoms with E-state index in [1.807, 2.05) is 31.2 Å². The second kappa shape index (κ2) is 6.69. The van der Waals surface area contributed by atoms with Gasteiger partial charge in [0.05, 0.1) is 6.61 Å². The second-order valence-electron chi connectivity index (χ2n) is 6.26. The van der Waals surface area contributed by atoms with E-state index in [2.05, 4.69) is 6.58 Å². The van der Waals surface area contributed by atoms with Crippen molar-refractivity contribution >= 4 is 10.8 Å². The van der Waals surface area contributed by atoms with Crippen LogP contribution >= 0.6 is 0 Å². The fraction of sp³-hybridized carbons (Fsp3) is 0.400. The molecule has 1 saturated carbocycles. The smallest absolute Gasteiger partial charge is 0.167 e. The van der Waals surface area contributed by atoms with Gasteiger partial charge in [0.25, 0.3) is 0 Å². The summed E-state index contributed by atoms with van der Waals surface area (Å²) in [7, 11) is 0. The molecule has 0 aliphatic heterocycles. The van der Waals surface area contributed by atoms with Gasteiger partial charge in [-0.3, -0.25) is 0 Å². The first-order valence-electron chi connectivity index (χ1n) is 8.31. The molecule has 0 aromatic heterocycles. The summed E-state index contributed by atoms with van der Waals surface area (Å²) in [5, 5.41) is 1.02. The lowest BCUT2D eigenvalue weighted by atomic mass is 9.78. The summed E-state index contributed by atoms with van der Waals surface area (Å²) < 4.78 is 34.5. The molecule has 3 heteroatoms. The molecule has 0 heterocycles. The minimum Gasteiger partial charge on any atom is -0.494 e. The van der Waals surface area contributed by atoms with E-state index in [9.17, 15) is 8.78 Å². The maximum atomic E-state index is 14.6. The van der Waals surface area contributed by atoms with Gasteiger partial charge < -0.3 is 4.74 Å². The number of ether oxygens (including phenoxy) is 1. The number of hydrogen-bond acceptors (Lipinski definition) is 1. The van der Waals surface area contributed by atoms with Crippen molar-refractivity contribution in [2.24, 2.45) is 5.92 Å². The van der Waals surface area contributed by atoms with Crippen molar-refractivity contribution in [3.63, 3.8) is 0 Å². The quantitative estimate of drug-likeness (QED) is 0.631. The molecule has 1 aliphatic rings. The minimum absolute atomic E-state index is 0.0941. The van der Waals surface area contributed by atoms with Crippen LogP contribution in [0.25, 0.3) is 10.8 Å². The molecule has 0 bridgehead atoms. The van der Waals surface area contributed by atoms with Crippen LogP contribution in [0.1, 0.15) is 44.1 Å². The molecule has 0 saturated heterocycles. The van der Waals surface area contributed by atoms with Crippen LogP contribution in [-0.2, 0) is 0 Å². The van der Waals surface area contributed by atoms with Gasteiger partial charge in [-0.2, -0.15) is 0 Å². The van der Waals surface area contributed by atoms with Crippen LogP contribution in [0, 0.1) is 17.6 Å². The van der Waals surface area contributed by atoms with Crippen molar-refractivity contribution in [3.05, 3.63) is 54.1 Å². The van der Waals surface area contributed by atoms with Crippen molar-refractivity contribution in [2.75, 3.05) is 6.61 Å². The largest absolute Gasteiger partial charge is 0.494 e. The third-order valence-corrected chi connectivity index (χ3v) is 4.87. The standard InChI is InChI=1S/C20H22F2O/c1-3-13-5-7-14(8-6-13)17-11-15-9-10-16(23-4-2)12-18(15)20(22)19(17)21/h3,9-14H,1,4-8H2,2H3. The van der Waals surface area contributed by atoms with Gasteiger partial charge in [-0.15, -0.1) is 6.58 Å². The Morgan fingerprint density at radius 3 is 2.52 bits per heavy atom. The van der Waals surface area contributed by atoms with Crippen molar-refractivity contribution in [2.45, 2.75) is 38.5 Å². The highest BCUT2D eigenvalue weighted by Crippen LogP contribution is 2.39. The number of allylic oxidation sites excluding steroid dienone is 1. The second-order valence-corrected chi connectivity index (χ2v) is 6.26. The minimum atomic E-state index is -0.759. The molecule has 0 unspecified atom stereocenters. The molecule has 1 fully saturated rings. The number of benzene rings is 2. The van der Waals surface area contributed by atoms with Gasteiger partial charge in [0.1, 0.15) is 5.75 Å². The van der Waals surface area contributed by atoms with Gasteiger partial charge in [-0.1, -0.05) is 12.1 Å². The van der Waals surface area contributed by atoms with Crippen molar-refractivity contribution in [3.8, 4) is 5.75 Å². The van der Waals surface area contributed by atoms with Crippen LogP contribution in [0.3, 0.4) is 0 Å². The first kappa shape index (κ1) is 16.0.